The standard InChI is InChI=1S/C9H8F8O2/c1-4(5(18)19)3-7(12,13)9(16,17)8(14,15)6(2,10)11/h3H,1-2H3,(H,18,19)/b4-3+. The molecular formula is C9H8F8O2. The van der Waals surface area contributed by atoms with Gasteiger partial charge in [0.05, 0.1) is 0 Å². The van der Waals surface area contributed by atoms with E-state index >= 15 is 0 Å². The maximum absolute atomic E-state index is 12.9. The Morgan fingerprint density at radius 1 is 0.947 bits per heavy atom. The average Bonchev–Trinajstić information content (AvgIpc) is 2.14. The number of alkyl halides is 8. The summed E-state index contributed by atoms with van der Waals surface area (Å²) in [5.41, 5.74) is -1.39. The fourth-order valence-electron chi connectivity index (χ4n) is 0.909. The summed E-state index contributed by atoms with van der Waals surface area (Å²) in [6.07, 6.45) is -0.991. The molecule has 10 heteroatoms. The molecule has 0 fully saturated rings. The molecule has 0 rings (SSSR count). The lowest BCUT2D eigenvalue weighted by atomic mass is 9.98. The van der Waals surface area contributed by atoms with E-state index in [1.807, 2.05) is 0 Å². The Hall–Kier alpha value is -1.35. The number of hydrogen-bond donors (Lipinski definition) is 1. The molecule has 0 bridgehead atoms. The minimum absolute atomic E-state index is 0.425. The SMILES string of the molecule is C/C(=C\C(F)(F)C(F)(F)C(F)(F)C(C)(F)F)C(=O)O. The third-order valence-corrected chi connectivity index (χ3v) is 2.10. The van der Waals surface area contributed by atoms with Gasteiger partial charge >= 0.3 is 29.7 Å². The maximum Gasteiger partial charge on any atom is 0.381 e. The van der Waals surface area contributed by atoms with E-state index in [1.165, 1.54) is 0 Å². The van der Waals surface area contributed by atoms with Gasteiger partial charge in [0.2, 0.25) is 0 Å². The summed E-state index contributed by atoms with van der Waals surface area (Å²) in [4.78, 5) is 10.2. The van der Waals surface area contributed by atoms with E-state index in [0.717, 1.165) is 0 Å². The van der Waals surface area contributed by atoms with Crippen molar-refractivity contribution in [2.24, 2.45) is 0 Å². The highest BCUT2D eigenvalue weighted by Crippen LogP contribution is 2.52. The van der Waals surface area contributed by atoms with Crippen LogP contribution in [0.1, 0.15) is 13.8 Å². The van der Waals surface area contributed by atoms with Crippen molar-refractivity contribution in [1.82, 2.24) is 0 Å². The summed E-state index contributed by atoms with van der Waals surface area (Å²) in [6.45, 7) is -0.223. The van der Waals surface area contributed by atoms with E-state index < -0.39 is 48.2 Å². The number of rotatable bonds is 5. The Morgan fingerprint density at radius 2 is 1.32 bits per heavy atom. The topological polar surface area (TPSA) is 37.3 Å². The third-order valence-electron chi connectivity index (χ3n) is 2.10. The van der Waals surface area contributed by atoms with Gasteiger partial charge in [0.15, 0.2) is 0 Å². The molecule has 0 aliphatic carbocycles. The van der Waals surface area contributed by atoms with Gasteiger partial charge in [-0.1, -0.05) is 0 Å². The van der Waals surface area contributed by atoms with Crippen LogP contribution in [0.25, 0.3) is 0 Å². The molecule has 0 aromatic carbocycles. The Labute approximate surface area is 101 Å². The van der Waals surface area contributed by atoms with Gasteiger partial charge in [-0.2, -0.15) is 35.1 Å². The first kappa shape index (κ1) is 17.6. The summed E-state index contributed by atoms with van der Waals surface area (Å²) < 4.78 is 102. The normalized spacial score (nSPS) is 15.6. The van der Waals surface area contributed by atoms with Crippen LogP contribution in [0.2, 0.25) is 0 Å². The van der Waals surface area contributed by atoms with E-state index in [9.17, 15) is 39.9 Å². The Balaban J connectivity index is 5.78. The minimum Gasteiger partial charge on any atom is -0.478 e. The molecule has 0 atom stereocenters. The van der Waals surface area contributed by atoms with Crippen LogP contribution in [-0.2, 0) is 4.79 Å². The maximum atomic E-state index is 12.9. The van der Waals surface area contributed by atoms with Crippen LogP contribution in [0.15, 0.2) is 11.6 Å². The van der Waals surface area contributed by atoms with E-state index in [-0.39, 0.29) is 0 Å². The lowest BCUT2D eigenvalue weighted by Crippen LogP contribution is -2.60. The Morgan fingerprint density at radius 3 is 1.58 bits per heavy atom. The van der Waals surface area contributed by atoms with E-state index in [1.54, 1.807) is 0 Å². The smallest absolute Gasteiger partial charge is 0.381 e. The fourth-order valence-corrected chi connectivity index (χ4v) is 0.909. The van der Waals surface area contributed by atoms with Gasteiger partial charge in [0, 0.05) is 18.6 Å². The van der Waals surface area contributed by atoms with Gasteiger partial charge in [0.1, 0.15) is 0 Å². The monoisotopic (exact) mass is 300 g/mol. The van der Waals surface area contributed by atoms with Crippen molar-refractivity contribution in [3.8, 4) is 0 Å². The second-order valence-electron chi connectivity index (χ2n) is 3.79. The molecule has 19 heavy (non-hydrogen) atoms. The molecule has 0 radical (unpaired) electrons. The average molecular weight is 300 g/mol. The number of allylic oxidation sites excluding steroid dienone is 1. The van der Waals surface area contributed by atoms with E-state index in [4.69, 9.17) is 5.11 Å². The molecule has 0 unspecified atom stereocenters. The van der Waals surface area contributed by atoms with Gasteiger partial charge in [-0.25, -0.2) is 4.79 Å². The zero-order chi connectivity index (χ0) is 15.9. The molecule has 0 spiro atoms. The molecular weight excluding hydrogens is 292 g/mol. The van der Waals surface area contributed by atoms with Gasteiger partial charge in [-0.15, -0.1) is 0 Å². The highest BCUT2D eigenvalue weighted by atomic mass is 19.4. The van der Waals surface area contributed by atoms with Crippen molar-refractivity contribution in [2.75, 3.05) is 0 Å². The van der Waals surface area contributed by atoms with Gasteiger partial charge < -0.3 is 5.11 Å². The molecule has 0 aliphatic rings. The van der Waals surface area contributed by atoms with Crippen LogP contribution in [0.4, 0.5) is 35.1 Å². The highest BCUT2D eigenvalue weighted by molar-refractivity contribution is 5.86. The van der Waals surface area contributed by atoms with E-state index in [2.05, 4.69) is 0 Å². The number of carbonyl (C=O) groups is 1. The number of hydrogen-bond acceptors (Lipinski definition) is 1. The quantitative estimate of drug-likeness (QED) is 0.622. The molecule has 2 nitrogen and oxygen atoms in total. The second-order valence-corrected chi connectivity index (χ2v) is 3.79. The molecule has 0 heterocycles. The number of carboxylic acid groups (broad SMARTS) is 1. The molecule has 1 N–H and O–H groups in total. The molecule has 0 aromatic heterocycles. The van der Waals surface area contributed by atoms with Crippen molar-refractivity contribution in [1.29, 1.82) is 0 Å². The molecule has 112 valence electrons. The van der Waals surface area contributed by atoms with Crippen molar-refractivity contribution in [2.45, 2.75) is 37.5 Å². The third kappa shape index (κ3) is 2.98. The highest BCUT2D eigenvalue weighted by Gasteiger charge is 2.78. The summed E-state index contributed by atoms with van der Waals surface area (Å²) in [6, 6.07) is 0. The first-order valence-corrected chi connectivity index (χ1v) is 4.52. The predicted octanol–water partition coefficient (Wildman–Crippen LogP) is 3.58. The lowest BCUT2D eigenvalue weighted by Gasteiger charge is -2.34. The van der Waals surface area contributed by atoms with Crippen LogP contribution < -0.4 is 0 Å². The van der Waals surface area contributed by atoms with Crippen molar-refractivity contribution in [3.63, 3.8) is 0 Å². The zero-order valence-corrected chi connectivity index (χ0v) is 9.46. The van der Waals surface area contributed by atoms with Crippen LogP contribution in [0, 0.1) is 0 Å². The summed E-state index contributed by atoms with van der Waals surface area (Å²) in [5, 5.41) is 8.19. The molecule has 0 amide bonds. The first-order valence-electron chi connectivity index (χ1n) is 4.52. The summed E-state index contributed by atoms with van der Waals surface area (Å²) in [5.74, 6) is -26.1. The summed E-state index contributed by atoms with van der Waals surface area (Å²) >= 11 is 0. The van der Waals surface area contributed by atoms with Crippen LogP contribution >= 0.6 is 0 Å². The van der Waals surface area contributed by atoms with Crippen LogP contribution in [0.3, 0.4) is 0 Å². The number of halogens is 8. The predicted molar refractivity (Wildman–Crippen MR) is 46.9 cm³/mol. The van der Waals surface area contributed by atoms with Crippen molar-refractivity contribution >= 4 is 5.97 Å². The Kier molecular flexibility index (Phi) is 4.31. The molecule has 0 aliphatic heterocycles. The first-order chi connectivity index (χ1) is 8.08. The largest absolute Gasteiger partial charge is 0.478 e. The molecule has 0 saturated carbocycles. The lowest BCUT2D eigenvalue weighted by molar-refractivity contribution is -0.351. The second kappa shape index (κ2) is 4.64. The van der Waals surface area contributed by atoms with Gasteiger partial charge in [0.25, 0.3) is 0 Å². The number of aliphatic carboxylic acids is 1. The molecule has 0 saturated heterocycles. The van der Waals surface area contributed by atoms with Gasteiger partial charge in [-0.05, 0) is 6.92 Å². The van der Waals surface area contributed by atoms with Crippen molar-refractivity contribution in [3.05, 3.63) is 11.6 Å². The summed E-state index contributed by atoms with van der Waals surface area (Å²) in [7, 11) is 0. The van der Waals surface area contributed by atoms with Gasteiger partial charge in [-0.3, -0.25) is 0 Å². The van der Waals surface area contributed by atoms with Crippen LogP contribution in [-0.4, -0.2) is 34.8 Å². The van der Waals surface area contributed by atoms with E-state index in [0.29, 0.717) is 6.92 Å². The van der Waals surface area contributed by atoms with Crippen molar-refractivity contribution < 1.29 is 45.0 Å². The Bertz CT molecular complexity index is 394. The number of carboxylic acids is 1. The van der Waals surface area contributed by atoms with Crippen LogP contribution in [0.5, 0.6) is 0 Å². The minimum atomic E-state index is -6.46. The molecule has 0 aromatic rings. The fraction of sp³-hybridized carbons (Fsp3) is 0.667. The zero-order valence-electron chi connectivity index (χ0n) is 9.46.